The van der Waals surface area contributed by atoms with Crippen LogP contribution in [0.5, 0.6) is 5.75 Å². The summed E-state index contributed by atoms with van der Waals surface area (Å²) >= 11 is 0. The molecule has 0 unspecified atom stereocenters. The average Bonchev–Trinajstić information content (AvgIpc) is 2.72. The first-order chi connectivity index (χ1) is 12.7. The summed E-state index contributed by atoms with van der Waals surface area (Å²) in [6, 6.07) is 25.2. The van der Waals surface area contributed by atoms with Gasteiger partial charge in [0.25, 0.3) is 0 Å². The number of hydrogen-bond acceptors (Lipinski definition) is 4. The molecule has 4 heteroatoms. The molecule has 0 saturated carbocycles. The number of carbonyl (C=O) groups excluding carboxylic acids is 2. The molecule has 4 nitrogen and oxygen atoms in total. The second kappa shape index (κ2) is 8.62. The maximum absolute atomic E-state index is 12.3. The molecule has 0 spiro atoms. The minimum Gasteiger partial charge on any atom is -0.482 e. The van der Waals surface area contributed by atoms with Crippen molar-refractivity contribution in [2.24, 2.45) is 0 Å². The first kappa shape index (κ1) is 17.4. The van der Waals surface area contributed by atoms with E-state index < -0.39 is 5.97 Å². The Hall–Kier alpha value is -3.40. The third-order valence-electron chi connectivity index (χ3n) is 3.75. The summed E-state index contributed by atoms with van der Waals surface area (Å²) in [5.41, 5.74) is 2.12. The zero-order chi connectivity index (χ0) is 18.2. The van der Waals surface area contributed by atoms with Gasteiger partial charge in [-0.2, -0.15) is 0 Å². The summed E-state index contributed by atoms with van der Waals surface area (Å²) in [7, 11) is 0. The van der Waals surface area contributed by atoms with Crippen LogP contribution in [-0.2, 0) is 16.1 Å². The molecule has 26 heavy (non-hydrogen) atoms. The molecule has 0 atom stereocenters. The summed E-state index contributed by atoms with van der Waals surface area (Å²) < 4.78 is 10.6. The lowest BCUT2D eigenvalue weighted by molar-refractivity contribution is -0.147. The van der Waals surface area contributed by atoms with Gasteiger partial charge in [0.15, 0.2) is 12.4 Å². The van der Waals surface area contributed by atoms with Crippen molar-refractivity contribution in [3.63, 3.8) is 0 Å². The minimum absolute atomic E-state index is 0.0561. The number of ketones is 1. The summed E-state index contributed by atoms with van der Waals surface area (Å²) in [5.74, 6) is 0.00369. The minimum atomic E-state index is -0.446. The Labute approximate surface area is 152 Å². The van der Waals surface area contributed by atoms with E-state index in [-0.39, 0.29) is 19.0 Å². The number of esters is 1. The molecular weight excluding hydrogens is 328 g/mol. The van der Waals surface area contributed by atoms with Crippen molar-refractivity contribution >= 4 is 11.8 Å². The molecule has 0 radical (unpaired) electrons. The third kappa shape index (κ3) is 4.80. The first-order valence-electron chi connectivity index (χ1n) is 8.24. The van der Waals surface area contributed by atoms with Crippen molar-refractivity contribution in [2.45, 2.75) is 6.61 Å². The molecule has 0 aromatic heterocycles. The van der Waals surface area contributed by atoms with Gasteiger partial charge in [-0.25, -0.2) is 4.79 Å². The maximum atomic E-state index is 12.3. The van der Waals surface area contributed by atoms with E-state index in [4.69, 9.17) is 9.47 Å². The summed E-state index contributed by atoms with van der Waals surface area (Å²) in [6.45, 7) is 0.0341. The molecule has 0 aliphatic rings. The highest BCUT2D eigenvalue weighted by Gasteiger charge is 2.09. The van der Waals surface area contributed by atoms with Crippen molar-refractivity contribution in [1.82, 2.24) is 0 Å². The number of benzene rings is 3. The van der Waals surface area contributed by atoms with Crippen LogP contribution in [0.3, 0.4) is 0 Å². The number of rotatable bonds is 7. The fourth-order valence-electron chi connectivity index (χ4n) is 2.38. The Morgan fingerprint density at radius 1 is 0.692 bits per heavy atom. The summed E-state index contributed by atoms with van der Waals surface area (Å²) in [5, 5.41) is 0. The van der Waals surface area contributed by atoms with Gasteiger partial charge in [-0.15, -0.1) is 0 Å². The van der Waals surface area contributed by atoms with Crippen LogP contribution in [0, 0.1) is 0 Å². The van der Waals surface area contributed by atoms with Gasteiger partial charge in [0.05, 0.1) is 0 Å². The van der Waals surface area contributed by atoms with Gasteiger partial charge < -0.3 is 9.47 Å². The molecule has 3 aromatic rings. The third-order valence-corrected chi connectivity index (χ3v) is 3.75. The highest BCUT2D eigenvalue weighted by Crippen LogP contribution is 2.15. The zero-order valence-electron chi connectivity index (χ0n) is 14.1. The van der Waals surface area contributed by atoms with Crippen LogP contribution in [-0.4, -0.2) is 18.4 Å². The van der Waals surface area contributed by atoms with Crippen LogP contribution < -0.4 is 4.74 Å². The molecule has 0 heterocycles. The smallest absolute Gasteiger partial charge is 0.344 e. The Balaban J connectivity index is 1.50. The number of ether oxygens (including phenoxy) is 2. The number of hydrogen-bond donors (Lipinski definition) is 0. The maximum Gasteiger partial charge on any atom is 0.344 e. The Morgan fingerprint density at radius 3 is 1.92 bits per heavy atom. The van der Waals surface area contributed by atoms with E-state index in [1.165, 1.54) is 0 Å². The van der Waals surface area contributed by atoms with E-state index in [0.717, 1.165) is 5.56 Å². The summed E-state index contributed by atoms with van der Waals surface area (Å²) in [4.78, 5) is 24.1. The van der Waals surface area contributed by atoms with Gasteiger partial charge in [0.1, 0.15) is 12.4 Å². The average molecular weight is 346 g/mol. The molecular formula is C22H18O4. The van der Waals surface area contributed by atoms with Gasteiger partial charge >= 0.3 is 5.97 Å². The molecule has 0 saturated heterocycles. The van der Waals surface area contributed by atoms with Crippen molar-refractivity contribution in [2.75, 3.05) is 6.61 Å². The standard InChI is InChI=1S/C22H18O4/c23-21(26-15-17-7-3-1-4-8-17)16-25-20-13-11-19(12-14-20)22(24)18-9-5-2-6-10-18/h1-14H,15-16H2. The normalized spacial score (nSPS) is 10.2. The topological polar surface area (TPSA) is 52.6 Å². The van der Waals surface area contributed by atoms with Crippen LogP contribution in [0.4, 0.5) is 0 Å². The monoisotopic (exact) mass is 346 g/mol. The first-order valence-corrected chi connectivity index (χ1v) is 8.24. The van der Waals surface area contributed by atoms with Gasteiger partial charge in [-0.05, 0) is 29.8 Å². The largest absolute Gasteiger partial charge is 0.482 e. The van der Waals surface area contributed by atoms with E-state index in [9.17, 15) is 9.59 Å². The quantitative estimate of drug-likeness (QED) is 0.479. The van der Waals surface area contributed by atoms with Crippen molar-refractivity contribution in [3.05, 3.63) is 102 Å². The molecule has 0 N–H and O–H groups in total. The van der Waals surface area contributed by atoms with E-state index in [1.54, 1.807) is 36.4 Å². The van der Waals surface area contributed by atoms with E-state index in [2.05, 4.69) is 0 Å². The van der Waals surface area contributed by atoms with Crippen LogP contribution in [0.15, 0.2) is 84.9 Å². The Bertz CT molecular complexity index is 856. The predicted octanol–water partition coefficient (Wildman–Crippen LogP) is 4.04. The molecule has 0 amide bonds. The van der Waals surface area contributed by atoms with Crippen LogP contribution in [0.2, 0.25) is 0 Å². The second-order valence-corrected chi connectivity index (χ2v) is 5.65. The van der Waals surface area contributed by atoms with Crippen molar-refractivity contribution in [1.29, 1.82) is 0 Å². The van der Waals surface area contributed by atoms with Gasteiger partial charge in [0, 0.05) is 11.1 Å². The lowest BCUT2D eigenvalue weighted by Crippen LogP contribution is -2.14. The fourth-order valence-corrected chi connectivity index (χ4v) is 2.38. The van der Waals surface area contributed by atoms with Crippen LogP contribution in [0.1, 0.15) is 21.5 Å². The second-order valence-electron chi connectivity index (χ2n) is 5.65. The molecule has 0 aliphatic heterocycles. The van der Waals surface area contributed by atoms with E-state index >= 15 is 0 Å². The van der Waals surface area contributed by atoms with E-state index in [1.807, 2.05) is 48.5 Å². The Morgan fingerprint density at radius 2 is 1.27 bits per heavy atom. The van der Waals surface area contributed by atoms with Gasteiger partial charge in [0.2, 0.25) is 0 Å². The number of carbonyl (C=O) groups is 2. The van der Waals surface area contributed by atoms with Crippen LogP contribution >= 0.6 is 0 Å². The van der Waals surface area contributed by atoms with Crippen molar-refractivity contribution < 1.29 is 19.1 Å². The molecule has 3 rings (SSSR count). The SMILES string of the molecule is O=C(COc1ccc(C(=O)c2ccccc2)cc1)OCc1ccccc1. The highest BCUT2D eigenvalue weighted by atomic mass is 16.6. The Kier molecular flexibility index (Phi) is 5.78. The predicted molar refractivity (Wildman–Crippen MR) is 98.0 cm³/mol. The molecule has 0 aliphatic carbocycles. The fraction of sp³-hybridized carbons (Fsp3) is 0.0909. The summed E-state index contributed by atoms with van der Waals surface area (Å²) in [6.07, 6.45) is 0. The highest BCUT2D eigenvalue weighted by molar-refractivity contribution is 6.08. The molecule has 0 fully saturated rings. The molecule has 130 valence electrons. The lowest BCUT2D eigenvalue weighted by atomic mass is 10.0. The molecule has 0 bridgehead atoms. The zero-order valence-corrected chi connectivity index (χ0v) is 14.1. The van der Waals surface area contributed by atoms with Gasteiger partial charge in [-0.3, -0.25) is 4.79 Å². The van der Waals surface area contributed by atoms with E-state index in [0.29, 0.717) is 16.9 Å². The van der Waals surface area contributed by atoms with Crippen molar-refractivity contribution in [3.8, 4) is 5.75 Å². The lowest BCUT2D eigenvalue weighted by Gasteiger charge is -2.08. The van der Waals surface area contributed by atoms with Gasteiger partial charge in [-0.1, -0.05) is 60.7 Å². The molecule has 3 aromatic carbocycles. The van der Waals surface area contributed by atoms with Crippen LogP contribution in [0.25, 0.3) is 0 Å².